The van der Waals surface area contributed by atoms with Gasteiger partial charge in [-0.3, -0.25) is 14.6 Å². The van der Waals surface area contributed by atoms with Gasteiger partial charge in [0, 0.05) is 49.3 Å². The third-order valence-corrected chi connectivity index (χ3v) is 6.66. The zero-order valence-corrected chi connectivity index (χ0v) is 22.3. The molecule has 9 nitrogen and oxygen atoms in total. The van der Waals surface area contributed by atoms with Crippen LogP contribution in [0.15, 0.2) is 42.7 Å². The molecular weight excluding hydrogens is 472 g/mol. The van der Waals surface area contributed by atoms with Crippen molar-refractivity contribution in [3.63, 3.8) is 0 Å². The minimum absolute atomic E-state index is 0.0196. The number of carbonyl (C=O) groups excluding carboxylic acids is 2. The van der Waals surface area contributed by atoms with Crippen LogP contribution in [0, 0.1) is 5.92 Å². The summed E-state index contributed by atoms with van der Waals surface area (Å²) in [4.78, 5) is 32.3. The van der Waals surface area contributed by atoms with Crippen molar-refractivity contribution >= 4 is 17.5 Å². The van der Waals surface area contributed by atoms with Crippen molar-refractivity contribution in [2.75, 3.05) is 38.7 Å². The quantitative estimate of drug-likeness (QED) is 0.544. The third kappa shape index (κ3) is 7.99. The van der Waals surface area contributed by atoms with Gasteiger partial charge in [-0.2, -0.15) is 0 Å². The largest absolute Gasteiger partial charge is 0.490 e. The summed E-state index contributed by atoms with van der Waals surface area (Å²) < 4.78 is 12.4. The van der Waals surface area contributed by atoms with Crippen LogP contribution in [0.3, 0.4) is 0 Å². The van der Waals surface area contributed by atoms with E-state index in [2.05, 4.69) is 22.5 Å². The number of aromatic nitrogens is 1. The molecule has 0 saturated carbocycles. The van der Waals surface area contributed by atoms with Crippen LogP contribution in [-0.2, 0) is 4.74 Å². The Labute approximate surface area is 219 Å². The van der Waals surface area contributed by atoms with Crippen molar-refractivity contribution in [1.29, 1.82) is 0 Å². The van der Waals surface area contributed by atoms with Crippen molar-refractivity contribution in [1.82, 2.24) is 15.2 Å². The first-order valence-electron chi connectivity index (χ1n) is 13.0. The first kappa shape index (κ1) is 28.6. The van der Waals surface area contributed by atoms with E-state index in [9.17, 15) is 14.7 Å². The molecule has 37 heavy (non-hydrogen) atoms. The smallest absolute Gasteiger partial charge is 0.258 e. The third-order valence-electron chi connectivity index (χ3n) is 6.66. The highest BCUT2D eigenvalue weighted by Crippen LogP contribution is 2.28. The second kappa shape index (κ2) is 14.1. The zero-order valence-electron chi connectivity index (χ0n) is 22.3. The number of aliphatic hydroxyl groups is 1. The van der Waals surface area contributed by atoms with Gasteiger partial charge in [-0.25, -0.2) is 0 Å². The molecule has 0 unspecified atom stereocenters. The van der Waals surface area contributed by atoms with Crippen LogP contribution >= 0.6 is 0 Å². The lowest BCUT2D eigenvalue weighted by atomic mass is 10.0. The highest BCUT2D eigenvalue weighted by molar-refractivity contribution is 6.05. The van der Waals surface area contributed by atoms with E-state index in [1.165, 1.54) is 0 Å². The summed E-state index contributed by atoms with van der Waals surface area (Å²) in [6, 6.07) is 7.95. The second-order valence-corrected chi connectivity index (χ2v) is 9.76. The number of nitrogens with one attached hydrogen (secondary N) is 2. The molecule has 4 atom stereocenters. The van der Waals surface area contributed by atoms with Crippen molar-refractivity contribution in [3.05, 3.63) is 53.9 Å². The van der Waals surface area contributed by atoms with Crippen LogP contribution < -0.4 is 15.4 Å². The van der Waals surface area contributed by atoms with E-state index >= 15 is 0 Å². The lowest BCUT2D eigenvalue weighted by Crippen LogP contribution is -2.47. The Kier molecular flexibility index (Phi) is 10.9. The van der Waals surface area contributed by atoms with Crippen LogP contribution in [-0.4, -0.2) is 78.4 Å². The second-order valence-electron chi connectivity index (χ2n) is 9.76. The van der Waals surface area contributed by atoms with Gasteiger partial charge < -0.3 is 30.1 Å². The number of nitrogens with zero attached hydrogens (tertiary/aromatic N) is 2. The molecule has 0 bridgehead atoms. The molecule has 0 aliphatic carbocycles. The predicted molar refractivity (Wildman–Crippen MR) is 143 cm³/mol. The van der Waals surface area contributed by atoms with Gasteiger partial charge >= 0.3 is 0 Å². The number of amides is 2. The number of carbonyl (C=O) groups is 2. The molecule has 0 radical (unpaired) electrons. The maximum Gasteiger partial charge on any atom is 0.258 e. The van der Waals surface area contributed by atoms with Crippen molar-refractivity contribution in [2.45, 2.75) is 58.3 Å². The summed E-state index contributed by atoms with van der Waals surface area (Å²) in [7, 11) is 1.89. The Bertz CT molecular complexity index is 1020. The number of hydrogen-bond donors (Lipinski definition) is 3. The van der Waals surface area contributed by atoms with E-state index in [1.807, 2.05) is 20.9 Å². The minimum Gasteiger partial charge on any atom is -0.490 e. The highest BCUT2D eigenvalue weighted by atomic mass is 16.5. The van der Waals surface area contributed by atoms with Gasteiger partial charge in [0.15, 0.2) is 0 Å². The molecule has 1 aromatic heterocycles. The lowest BCUT2D eigenvalue weighted by Gasteiger charge is -2.34. The molecule has 202 valence electrons. The first-order valence-corrected chi connectivity index (χ1v) is 13.0. The summed E-state index contributed by atoms with van der Waals surface area (Å²) in [5.41, 5.74) is 1.29. The van der Waals surface area contributed by atoms with Gasteiger partial charge in [-0.15, -0.1) is 0 Å². The molecule has 2 heterocycles. The fourth-order valence-electron chi connectivity index (χ4n) is 4.40. The standard InChI is InChI=1S/C28H40N4O5/c1-19-17-32(20(2)18-33)28(35)24-15-23(31-27(34)22-10-12-30-13-11-22)8-9-25(24)37-21(3)7-5-6-14-36-26(19)16-29-4/h8-13,15,19-21,26,29,33H,5-7,14,16-18H2,1-4H3,(H,31,34)/t19-,20+,21-,26+/m0/s1. The topological polar surface area (TPSA) is 113 Å². The average Bonchev–Trinajstić information content (AvgIpc) is 2.90. The number of hydrogen-bond acceptors (Lipinski definition) is 7. The summed E-state index contributed by atoms with van der Waals surface area (Å²) in [5.74, 6) is -0.0874. The Hall–Kier alpha value is -3.01. The molecule has 3 N–H and O–H groups in total. The number of benzene rings is 1. The van der Waals surface area contributed by atoms with Crippen LogP contribution in [0.2, 0.25) is 0 Å². The molecule has 2 amide bonds. The number of pyridine rings is 1. The molecule has 0 spiro atoms. The van der Waals surface area contributed by atoms with Crippen molar-refractivity contribution in [2.24, 2.45) is 5.92 Å². The summed E-state index contributed by atoms with van der Waals surface area (Å²) in [6.07, 6.45) is 5.60. The Balaban J connectivity index is 1.97. The van der Waals surface area contributed by atoms with E-state index in [-0.39, 0.29) is 36.5 Å². The summed E-state index contributed by atoms with van der Waals surface area (Å²) in [5, 5.41) is 16.0. The van der Waals surface area contributed by atoms with E-state index in [0.29, 0.717) is 42.3 Å². The molecule has 1 aromatic carbocycles. The molecule has 9 heteroatoms. The van der Waals surface area contributed by atoms with Gasteiger partial charge in [0.2, 0.25) is 0 Å². The molecule has 1 aliphatic rings. The predicted octanol–water partition coefficient (Wildman–Crippen LogP) is 3.35. The number of ether oxygens (including phenoxy) is 2. The number of fused-ring (bicyclic) bond motifs is 1. The van der Waals surface area contributed by atoms with Gasteiger partial charge in [-0.1, -0.05) is 6.92 Å². The molecule has 0 saturated heterocycles. The van der Waals surface area contributed by atoms with Gasteiger partial charge in [-0.05, 0) is 70.5 Å². The molecular formula is C28H40N4O5. The normalized spacial score (nSPS) is 22.4. The van der Waals surface area contributed by atoms with E-state index in [0.717, 1.165) is 19.3 Å². The van der Waals surface area contributed by atoms with E-state index < -0.39 is 6.04 Å². The van der Waals surface area contributed by atoms with Crippen LogP contribution in [0.5, 0.6) is 5.75 Å². The average molecular weight is 513 g/mol. The zero-order chi connectivity index (χ0) is 26.8. The summed E-state index contributed by atoms with van der Waals surface area (Å²) in [6.45, 7) is 7.39. The summed E-state index contributed by atoms with van der Waals surface area (Å²) >= 11 is 0. The van der Waals surface area contributed by atoms with Crippen LogP contribution in [0.25, 0.3) is 0 Å². The Morgan fingerprint density at radius 3 is 2.68 bits per heavy atom. The van der Waals surface area contributed by atoms with E-state index in [4.69, 9.17) is 9.47 Å². The maximum absolute atomic E-state index is 14.0. The fourth-order valence-corrected chi connectivity index (χ4v) is 4.40. The Morgan fingerprint density at radius 1 is 1.22 bits per heavy atom. The first-order chi connectivity index (χ1) is 17.8. The minimum atomic E-state index is -0.418. The Morgan fingerprint density at radius 2 is 1.97 bits per heavy atom. The monoisotopic (exact) mass is 512 g/mol. The maximum atomic E-state index is 14.0. The number of likely N-dealkylation sites (N-methyl/N-ethyl adjacent to an activating group) is 1. The molecule has 1 aliphatic heterocycles. The van der Waals surface area contributed by atoms with Gasteiger partial charge in [0.25, 0.3) is 11.8 Å². The number of aliphatic hydroxyl groups excluding tert-OH is 1. The number of rotatable bonds is 6. The lowest BCUT2D eigenvalue weighted by molar-refractivity contribution is -0.000452. The highest BCUT2D eigenvalue weighted by Gasteiger charge is 2.29. The van der Waals surface area contributed by atoms with Gasteiger partial charge in [0.1, 0.15) is 5.75 Å². The molecule has 3 rings (SSSR count). The fraction of sp³-hybridized carbons (Fsp3) is 0.536. The molecule has 0 fully saturated rings. The van der Waals surface area contributed by atoms with Crippen molar-refractivity contribution in [3.8, 4) is 5.75 Å². The SMILES string of the molecule is CNC[C@H]1OCCCC[C@H](C)Oc2ccc(NC(=O)c3ccncc3)cc2C(=O)N([C@H](C)CO)C[C@@H]1C. The molecule has 2 aromatic rings. The van der Waals surface area contributed by atoms with Crippen LogP contribution in [0.4, 0.5) is 5.69 Å². The van der Waals surface area contributed by atoms with Crippen molar-refractivity contribution < 1.29 is 24.2 Å². The van der Waals surface area contributed by atoms with E-state index in [1.54, 1.807) is 47.6 Å². The van der Waals surface area contributed by atoms with Crippen LogP contribution in [0.1, 0.15) is 60.7 Å². The van der Waals surface area contributed by atoms with Gasteiger partial charge in [0.05, 0.1) is 30.4 Å². The number of anilines is 1.